The Kier molecular flexibility index (Phi) is 6.99. The number of carbonyl (C=O) groups is 2. The minimum Gasteiger partial charge on any atom is -0.481 e. The Bertz CT molecular complexity index is 323. The molecule has 0 heterocycles. The number of hydrogen-bond acceptors (Lipinski definition) is 3. The van der Waals surface area contributed by atoms with E-state index in [1.54, 1.807) is 6.92 Å². The molecule has 1 atom stereocenters. The maximum atomic E-state index is 12.4. The Morgan fingerprint density at radius 2 is 1.75 bits per heavy atom. The second-order valence-electron chi connectivity index (χ2n) is 5.78. The van der Waals surface area contributed by atoms with E-state index < -0.39 is 11.9 Å². The van der Waals surface area contributed by atoms with Crippen LogP contribution in [0.5, 0.6) is 0 Å². The second kappa shape index (κ2) is 8.25. The lowest BCUT2D eigenvalue weighted by Crippen LogP contribution is -2.44. The van der Waals surface area contributed by atoms with E-state index in [9.17, 15) is 9.59 Å². The lowest BCUT2D eigenvalue weighted by atomic mass is 10.1. The molecule has 116 valence electrons. The summed E-state index contributed by atoms with van der Waals surface area (Å²) >= 11 is 0. The maximum Gasteiger partial charge on any atom is 0.307 e. The van der Waals surface area contributed by atoms with Crippen LogP contribution < -0.4 is 0 Å². The lowest BCUT2D eigenvalue weighted by Gasteiger charge is -2.28. The zero-order valence-electron chi connectivity index (χ0n) is 13.0. The first-order valence-corrected chi connectivity index (χ1v) is 7.74. The van der Waals surface area contributed by atoms with Gasteiger partial charge >= 0.3 is 5.97 Å². The maximum absolute atomic E-state index is 12.4. The van der Waals surface area contributed by atoms with Gasteiger partial charge in [-0.05, 0) is 25.7 Å². The van der Waals surface area contributed by atoms with Gasteiger partial charge in [-0.3, -0.25) is 14.5 Å². The second-order valence-corrected chi connectivity index (χ2v) is 5.78. The van der Waals surface area contributed by atoms with Gasteiger partial charge in [-0.1, -0.05) is 20.8 Å². The molecular weight excluding hydrogens is 256 g/mol. The molecule has 1 saturated carbocycles. The van der Waals surface area contributed by atoms with Crippen molar-refractivity contribution in [3.63, 3.8) is 0 Å². The summed E-state index contributed by atoms with van der Waals surface area (Å²) < 4.78 is 0. The summed E-state index contributed by atoms with van der Waals surface area (Å²) in [5, 5.41) is 9.02. The van der Waals surface area contributed by atoms with Crippen molar-refractivity contribution in [2.45, 2.75) is 52.5 Å². The first kappa shape index (κ1) is 17.0. The number of hydrogen-bond donors (Lipinski definition) is 1. The van der Waals surface area contributed by atoms with Crippen molar-refractivity contribution in [1.29, 1.82) is 0 Å². The fourth-order valence-electron chi connectivity index (χ4n) is 2.39. The van der Waals surface area contributed by atoms with E-state index in [4.69, 9.17) is 5.11 Å². The molecule has 0 aromatic carbocycles. The van der Waals surface area contributed by atoms with Crippen molar-refractivity contribution in [3.05, 3.63) is 0 Å². The predicted octanol–water partition coefficient (Wildman–Crippen LogP) is 1.82. The monoisotopic (exact) mass is 284 g/mol. The molecule has 0 aliphatic heterocycles. The number of rotatable bonds is 10. The van der Waals surface area contributed by atoms with Gasteiger partial charge in [0.1, 0.15) is 0 Å². The highest BCUT2D eigenvalue weighted by molar-refractivity contribution is 5.78. The minimum atomic E-state index is -0.790. The molecule has 0 saturated heterocycles. The predicted molar refractivity (Wildman–Crippen MR) is 78.6 cm³/mol. The molecule has 20 heavy (non-hydrogen) atoms. The van der Waals surface area contributed by atoms with Crippen LogP contribution in [0.4, 0.5) is 0 Å². The van der Waals surface area contributed by atoms with Crippen LogP contribution in [0.2, 0.25) is 0 Å². The van der Waals surface area contributed by atoms with Crippen LogP contribution in [0.15, 0.2) is 0 Å². The average molecular weight is 284 g/mol. The fourth-order valence-corrected chi connectivity index (χ4v) is 2.39. The highest BCUT2D eigenvalue weighted by Gasteiger charge is 2.33. The fraction of sp³-hybridized carbons (Fsp3) is 0.867. The van der Waals surface area contributed by atoms with Crippen LogP contribution in [0, 0.1) is 5.92 Å². The molecule has 0 spiro atoms. The molecule has 1 amide bonds. The Morgan fingerprint density at radius 1 is 1.20 bits per heavy atom. The van der Waals surface area contributed by atoms with Gasteiger partial charge in [0, 0.05) is 25.7 Å². The first-order chi connectivity index (χ1) is 9.49. The number of nitrogens with zero attached hydrogens (tertiary/aromatic N) is 2. The van der Waals surface area contributed by atoms with Gasteiger partial charge in [-0.25, -0.2) is 0 Å². The molecular formula is C15H28N2O3. The Hall–Kier alpha value is -1.10. The Balaban J connectivity index is 2.55. The molecule has 5 heteroatoms. The third-order valence-corrected chi connectivity index (χ3v) is 3.67. The highest BCUT2D eigenvalue weighted by Crippen LogP contribution is 2.27. The average Bonchev–Trinajstić information content (AvgIpc) is 3.21. The molecule has 1 rings (SSSR count). The van der Waals surface area contributed by atoms with Crippen molar-refractivity contribution in [3.8, 4) is 0 Å². The largest absolute Gasteiger partial charge is 0.481 e. The summed E-state index contributed by atoms with van der Waals surface area (Å²) in [5.74, 6) is -1.07. The van der Waals surface area contributed by atoms with Crippen LogP contribution in [0.25, 0.3) is 0 Å². The quantitative estimate of drug-likeness (QED) is 0.665. The van der Waals surface area contributed by atoms with Crippen LogP contribution in [-0.4, -0.2) is 59.0 Å². The highest BCUT2D eigenvalue weighted by atomic mass is 16.4. The van der Waals surface area contributed by atoms with Crippen molar-refractivity contribution in [2.24, 2.45) is 5.92 Å². The first-order valence-electron chi connectivity index (χ1n) is 7.74. The molecule has 1 N–H and O–H groups in total. The van der Waals surface area contributed by atoms with E-state index in [0.29, 0.717) is 19.1 Å². The standard InChI is InChI=1S/C15H28N2O3/c1-4-8-16(9-5-2)14(18)11-17(13-6-7-13)10-12(3)15(19)20/h12-13H,4-11H2,1-3H3,(H,19,20). The topological polar surface area (TPSA) is 60.9 Å². The Labute approximate surface area is 121 Å². The van der Waals surface area contributed by atoms with Crippen LogP contribution in [0.3, 0.4) is 0 Å². The van der Waals surface area contributed by atoms with E-state index in [0.717, 1.165) is 38.8 Å². The van der Waals surface area contributed by atoms with E-state index in [-0.39, 0.29) is 5.91 Å². The van der Waals surface area contributed by atoms with E-state index >= 15 is 0 Å². The zero-order chi connectivity index (χ0) is 15.1. The summed E-state index contributed by atoms with van der Waals surface area (Å²) in [4.78, 5) is 27.3. The number of carboxylic acid groups (broad SMARTS) is 1. The van der Waals surface area contributed by atoms with Crippen molar-refractivity contribution >= 4 is 11.9 Å². The summed E-state index contributed by atoms with van der Waals surface area (Å²) in [6, 6.07) is 0.408. The summed E-state index contributed by atoms with van der Waals surface area (Å²) in [6.07, 6.45) is 4.09. The van der Waals surface area contributed by atoms with Gasteiger partial charge in [0.05, 0.1) is 12.5 Å². The number of amides is 1. The third-order valence-electron chi connectivity index (χ3n) is 3.67. The SMILES string of the molecule is CCCN(CCC)C(=O)CN(CC(C)C(=O)O)C1CC1. The van der Waals surface area contributed by atoms with Gasteiger partial charge in [0.2, 0.25) is 5.91 Å². The number of carbonyl (C=O) groups excluding carboxylic acids is 1. The molecule has 1 aliphatic carbocycles. The van der Waals surface area contributed by atoms with Gasteiger partial charge in [0.15, 0.2) is 0 Å². The van der Waals surface area contributed by atoms with Gasteiger partial charge in [0.25, 0.3) is 0 Å². The normalized spacial score (nSPS) is 16.2. The molecule has 0 aromatic rings. The number of aliphatic carboxylic acids is 1. The smallest absolute Gasteiger partial charge is 0.307 e. The molecule has 5 nitrogen and oxygen atoms in total. The van der Waals surface area contributed by atoms with E-state index in [1.165, 1.54) is 0 Å². The van der Waals surface area contributed by atoms with E-state index in [1.807, 2.05) is 4.90 Å². The van der Waals surface area contributed by atoms with Crippen LogP contribution >= 0.6 is 0 Å². The summed E-state index contributed by atoms with van der Waals surface area (Å²) in [5.41, 5.74) is 0. The van der Waals surface area contributed by atoms with Crippen LogP contribution in [0.1, 0.15) is 46.5 Å². The molecule has 1 fully saturated rings. The minimum absolute atomic E-state index is 0.137. The van der Waals surface area contributed by atoms with Gasteiger partial charge in [-0.2, -0.15) is 0 Å². The number of carboxylic acids is 1. The summed E-state index contributed by atoms with van der Waals surface area (Å²) in [6.45, 7) is 8.26. The zero-order valence-corrected chi connectivity index (χ0v) is 13.0. The van der Waals surface area contributed by atoms with Crippen LogP contribution in [-0.2, 0) is 9.59 Å². The molecule has 0 aromatic heterocycles. The van der Waals surface area contributed by atoms with Gasteiger partial charge < -0.3 is 10.0 Å². The van der Waals surface area contributed by atoms with Crippen molar-refractivity contribution < 1.29 is 14.7 Å². The lowest BCUT2D eigenvalue weighted by molar-refractivity contribution is -0.143. The Morgan fingerprint density at radius 3 is 2.15 bits per heavy atom. The molecule has 1 unspecified atom stereocenters. The van der Waals surface area contributed by atoms with Crippen molar-refractivity contribution in [1.82, 2.24) is 9.80 Å². The van der Waals surface area contributed by atoms with Gasteiger partial charge in [-0.15, -0.1) is 0 Å². The molecule has 0 bridgehead atoms. The third kappa shape index (κ3) is 5.49. The molecule has 0 radical (unpaired) electrons. The van der Waals surface area contributed by atoms with Crippen molar-refractivity contribution in [2.75, 3.05) is 26.2 Å². The van der Waals surface area contributed by atoms with E-state index in [2.05, 4.69) is 18.7 Å². The summed E-state index contributed by atoms with van der Waals surface area (Å²) in [7, 11) is 0. The molecule has 1 aliphatic rings.